The SMILES string of the molecule is CCC(CC)(NCC(=O)Nc1cc(C(C)C)no1)c1ccc(Cl)cc1. The van der Waals surface area contributed by atoms with Crippen molar-refractivity contribution in [1.29, 1.82) is 0 Å². The number of anilines is 1. The molecule has 1 amide bonds. The van der Waals surface area contributed by atoms with Crippen molar-refractivity contribution in [1.82, 2.24) is 10.5 Å². The number of rotatable bonds is 8. The molecular weight excluding hydrogens is 338 g/mol. The highest BCUT2D eigenvalue weighted by atomic mass is 35.5. The van der Waals surface area contributed by atoms with Gasteiger partial charge in [-0.1, -0.05) is 56.6 Å². The lowest BCUT2D eigenvalue weighted by molar-refractivity contribution is -0.115. The third-order valence-electron chi connectivity index (χ3n) is 4.57. The van der Waals surface area contributed by atoms with Crippen LogP contribution in [0.1, 0.15) is 57.7 Å². The molecule has 0 saturated heterocycles. The highest BCUT2D eigenvalue weighted by molar-refractivity contribution is 6.30. The molecule has 1 heterocycles. The van der Waals surface area contributed by atoms with Crippen LogP contribution < -0.4 is 10.6 Å². The Labute approximate surface area is 154 Å². The second-order valence-electron chi connectivity index (χ2n) is 6.47. The molecule has 0 fully saturated rings. The molecule has 0 spiro atoms. The van der Waals surface area contributed by atoms with E-state index in [0.29, 0.717) is 10.9 Å². The predicted molar refractivity (Wildman–Crippen MR) is 101 cm³/mol. The van der Waals surface area contributed by atoms with Gasteiger partial charge in [-0.15, -0.1) is 0 Å². The number of aromatic nitrogens is 1. The fraction of sp³-hybridized carbons (Fsp3) is 0.474. The molecule has 2 N–H and O–H groups in total. The lowest BCUT2D eigenvalue weighted by Crippen LogP contribution is -2.45. The van der Waals surface area contributed by atoms with E-state index in [2.05, 4.69) is 29.6 Å². The lowest BCUT2D eigenvalue weighted by atomic mass is 9.84. The van der Waals surface area contributed by atoms with Crippen LogP contribution in [0.2, 0.25) is 5.02 Å². The van der Waals surface area contributed by atoms with Crippen molar-refractivity contribution in [3.05, 3.63) is 46.6 Å². The number of hydrogen-bond acceptors (Lipinski definition) is 4. The van der Waals surface area contributed by atoms with Crippen LogP contribution in [-0.4, -0.2) is 17.6 Å². The Morgan fingerprint density at radius 1 is 1.24 bits per heavy atom. The minimum absolute atomic E-state index is 0.160. The maximum atomic E-state index is 12.3. The fourth-order valence-electron chi connectivity index (χ4n) is 2.83. The van der Waals surface area contributed by atoms with Crippen molar-refractivity contribution >= 4 is 23.4 Å². The summed E-state index contributed by atoms with van der Waals surface area (Å²) in [6, 6.07) is 9.52. The van der Waals surface area contributed by atoms with Crippen LogP contribution in [0.3, 0.4) is 0 Å². The molecule has 5 nitrogen and oxygen atoms in total. The third kappa shape index (κ3) is 4.83. The Balaban J connectivity index is 2.02. The first-order valence-corrected chi connectivity index (χ1v) is 9.05. The molecule has 0 bridgehead atoms. The Bertz CT molecular complexity index is 691. The summed E-state index contributed by atoms with van der Waals surface area (Å²) in [5.41, 5.74) is 1.67. The van der Waals surface area contributed by atoms with Crippen LogP contribution in [0, 0.1) is 0 Å². The quantitative estimate of drug-likeness (QED) is 0.713. The van der Waals surface area contributed by atoms with Gasteiger partial charge in [0.15, 0.2) is 0 Å². The maximum Gasteiger partial charge on any atom is 0.240 e. The Morgan fingerprint density at radius 3 is 2.40 bits per heavy atom. The average Bonchev–Trinajstić information content (AvgIpc) is 3.06. The smallest absolute Gasteiger partial charge is 0.240 e. The summed E-state index contributed by atoms with van der Waals surface area (Å²) in [5.74, 6) is 0.470. The summed E-state index contributed by atoms with van der Waals surface area (Å²) in [6.45, 7) is 8.44. The summed E-state index contributed by atoms with van der Waals surface area (Å²) >= 11 is 5.99. The van der Waals surface area contributed by atoms with Crippen molar-refractivity contribution in [3.63, 3.8) is 0 Å². The summed E-state index contributed by atoms with van der Waals surface area (Å²) in [7, 11) is 0. The number of nitrogens with zero attached hydrogens (tertiary/aromatic N) is 1. The van der Waals surface area contributed by atoms with E-state index in [4.69, 9.17) is 16.1 Å². The molecule has 0 unspecified atom stereocenters. The van der Waals surface area contributed by atoms with E-state index in [-0.39, 0.29) is 23.9 Å². The van der Waals surface area contributed by atoms with Gasteiger partial charge in [-0.3, -0.25) is 15.4 Å². The molecule has 0 saturated carbocycles. The monoisotopic (exact) mass is 363 g/mol. The molecule has 2 rings (SSSR count). The summed E-state index contributed by atoms with van der Waals surface area (Å²) < 4.78 is 5.15. The lowest BCUT2D eigenvalue weighted by Gasteiger charge is -2.33. The number of halogens is 1. The number of carbonyl (C=O) groups excluding carboxylic acids is 1. The fourth-order valence-corrected chi connectivity index (χ4v) is 2.96. The normalized spacial score (nSPS) is 11.8. The number of nitrogens with one attached hydrogen (secondary N) is 2. The second kappa shape index (κ2) is 8.50. The van der Waals surface area contributed by atoms with Crippen LogP contribution in [0.25, 0.3) is 0 Å². The molecule has 1 aromatic heterocycles. The number of carbonyl (C=O) groups is 1. The molecule has 0 aliphatic heterocycles. The highest BCUT2D eigenvalue weighted by Crippen LogP contribution is 2.29. The molecule has 6 heteroatoms. The van der Waals surface area contributed by atoms with Gasteiger partial charge in [0.1, 0.15) is 0 Å². The van der Waals surface area contributed by atoms with Gasteiger partial charge < -0.3 is 4.52 Å². The van der Waals surface area contributed by atoms with Gasteiger partial charge in [0.05, 0.1) is 12.2 Å². The van der Waals surface area contributed by atoms with Gasteiger partial charge in [0, 0.05) is 16.6 Å². The van der Waals surface area contributed by atoms with Crippen molar-refractivity contribution < 1.29 is 9.32 Å². The van der Waals surface area contributed by atoms with Gasteiger partial charge >= 0.3 is 0 Å². The van der Waals surface area contributed by atoms with Crippen LogP contribution in [0.5, 0.6) is 0 Å². The first kappa shape index (κ1) is 19.5. The predicted octanol–water partition coefficient (Wildman–Crippen LogP) is 4.70. The van der Waals surface area contributed by atoms with E-state index in [1.807, 2.05) is 38.1 Å². The second-order valence-corrected chi connectivity index (χ2v) is 6.91. The van der Waals surface area contributed by atoms with Gasteiger partial charge in [0.25, 0.3) is 0 Å². The van der Waals surface area contributed by atoms with Crippen molar-refractivity contribution in [3.8, 4) is 0 Å². The van der Waals surface area contributed by atoms with Crippen LogP contribution in [0.4, 0.5) is 5.88 Å². The maximum absolute atomic E-state index is 12.3. The average molecular weight is 364 g/mol. The zero-order valence-electron chi connectivity index (χ0n) is 15.2. The largest absolute Gasteiger partial charge is 0.338 e. The Morgan fingerprint density at radius 2 is 1.88 bits per heavy atom. The first-order valence-electron chi connectivity index (χ1n) is 8.67. The Kier molecular flexibility index (Phi) is 6.62. The molecule has 1 aromatic carbocycles. The van der Waals surface area contributed by atoms with Gasteiger partial charge in [-0.2, -0.15) is 0 Å². The van der Waals surface area contributed by atoms with E-state index in [0.717, 1.165) is 24.1 Å². The number of amides is 1. The van der Waals surface area contributed by atoms with E-state index < -0.39 is 0 Å². The van der Waals surface area contributed by atoms with Crippen LogP contribution >= 0.6 is 11.6 Å². The van der Waals surface area contributed by atoms with Crippen molar-refractivity contribution in [2.24, 2.45) is 0 Å². The molecule has 0 radical (unpaired) electrons. The van der Waals surface area contributed by atoms with Crippen molar-refractivity contribution in [2.45, 2.75) is 52.0 Å². The molecule has 0 aliphatic carbocycles. The minimum atomic E-state index is -0.271. The number of hydrogen-bond donors (Lipinski definition) is 2. The first-order chi connectivity index (χ1) is 11.9. The number of benzene rings is 1. The summed E-state index contributed by atoms with van der Waals surface area (Å²) in [4.78, 5) is 12.3. The van der Waals surface area contributed by atoms with Gasteiger partial charge in [-0.25, -0.2) is 0 Å². The van der Waals surface area contributed by atoms with Gasteiger partial charge in [-0.05, 0) is 36.5 Å². The summed E-state index contributed by atoms with van der Waals surface area (Å²) in [5, 5.41) is 10.8. The molecule has 136 valence electrons. The zero-order valence-corrected chi connectivity index (χ0v) is 16.0. The molecule has 0 atom stereocenters. The van der Waals surface area contributed by atoms with E-state index in [9.17, 15) is 4.79 Å². The zero-order chi connectivity index (χ0) is 18.4. The minimum Gasteiger partial charge on any atom is -0.338 e. The van der Waals surface area contributed by atoms with E-state index in [1.165, 1.54) is 0 Å². The van der Waals surface area contributed by atoms with Gasteiger partial charge in [0.2, 0.25) is 11.8 Å². The highest BCUT2D eigenvalue weighted by Gasteiger charge is 2.28. The molecular formula is C19H26ClN3O2. The van der Waals surface area contributed by atoms with Crippen LogP contribution in [-0.2, 0) is 10.3 Å². The van der Waals surface area contributed by atoms with E-state index >= 15 is 0 Å². The topological polar surface area (TPSA) is 67.2 Å². The molecule has 25 heavy (non-hydrogen) atoms. The van der Waals surface area contributed by atoms with Crippen LogP contribution in [0.15, 0.2) is 34.9 Å². The van der Waals surface area contributed by atoms with Crippen molar-refractivity contribution in [2.75, 3.05) is 11.9 Å². The van der Waals surface area contributed by atoms with E-state index in [1.54, 1.807) is 6.07 Å². The molecule has 2 aromatic rings. The Hall–Kier alpha value is -1.85. The molecule has 0 aliphatic rings. The standard InChI is InChI=1S/C19H26ClN3O2/c1-5-19(6-2,14-7-9-15(20)10-8-14)21-12-17(24)22-18-11-16(13(3)4)23-25-18/h7-11,13,21H,5-6,12H2,1-4H3,(H,22,24). The third-order valence-corrected chi connectivity index (χ3v) is 4.83. The summed E-state index contributed by atoms with van der Waals surface area (Å²) in [6.07, 6.45) is 1.72.